The van der Waals surface area contributed by atoms with E-state index in [0.29, 0.717) is 53.1 Å². The van der Waals surface area contributed by atoms with Crippen molar-refractivity contribution in [2.45, 2.75) is 18.6 Å². The molecule has 1 amide bonds. The van der Waals surface area contributed by atoms with E-state index in [2.05, 4.69) is 0 Å². The Hall–Kier alpha value is -2.87. The van der Waals surface area contributed by atoms with Crippen molar-refractivity contribution in [2.75, 3.05) is 18.1 Å². The highest BCUT2D eigenvalue weighted by atomic mass is 35.5. The number of thiophene rings is 1. The molecule has 8 heteroatoms. The molecule has 1 aromatic heterocycles. The number of amides is 1. The van der Waals surface area contributed by atoms with E-state index >= 15 is 0 Å². The highest BCUT2D eigenvalue weighted by Crippen LogP contribution is 2.45. The van der Waals surface area contributed by atoms with Crippen LogP contribution in [0.5, 0.6) is 11.5 Å². The second kappa shape index (κ2) is 7.67. The largest absolute Gasteiger partial charge is 0.486 e. The summed E-state index contributed by atoms with van der Waals surface area (Å²) < 4.78 is 11.0. The van der Waals surface area contributed by atoms with Crippen LogP contribution in [0.2, 0.25) is 5.02 Å². The Labute approximate surface area is 187 Å². The maximum absolute atomic E-state index is 13.4. The molecule has 0 spiro atoms. The van der Waals surface area contributed by atoms with Crippen LogP contribution >= 0.6 is 22.9 Å². The summed E-state index contributed by atoms with van der Waals surface area (Å²) in [6.45, 7) is 1.16. The van der Waals surface area contributed by atoms with Gasteiger partial charge in [0.15, 0.2) is 22.9 Å². The molecule has 158 valence electrons. The number of carbonyl (C=O) groups excluding carboxylic acids is 2. The Balaban J connectivity index is 1.48. The lowest BCUT2D eigenvalue weighted by molar-refractivity contribution is -0.136. The molecular formula is C23H18ClNO5S. The second-order valence-corrected chi connectivity index (χ2v) is 8.92. The summed E-state index contributed by atoms with van der Waals surface area (Å²) in [5.41, 5.74) is -0.763. The van der Waals surface area contributed by atoms with Gasteiger partial charge in [-0.15, -0.1) is 11.3 Å². The van der Waals surface area contributed by atoms with Gasteiger partial charge in [0.05, 0.1) is 18.7 Å². The van der Waals surface area contributed by atoms with Crippen LogP contribution in [0.1, 0.15) is 27.2 Å². The molecule has 1 N–H and O–H groups in total. The third kappa shape index (κ3) is 3.48. The van der Waals surface area contributed by atoms with E-state index in [1.165, 1.54) is 16.2 Å². The average Bonchev–Trinajstić information content (AvgIpc) is 3.35. The highest BCUT2D eigenvalue weighted by molar-refractivity contribution is 7.09. The summed E-state index contributed by atoms with van der Waals surface area (Å²) in [5.74, 6) is 0.128. The Morgan fingerprint density at radius 2 is 1.94 bits per heavy atom. The molecular weight excluding hydrogens is 438 g/mol. The Bertz CT molecular complexity index is 1180. The molecule has 3 aromatic rings. The SMILES string of the molecule is O=C(CC1(O)C(=O)N(Cc2cccs2)c2ccc(Cl)cc21)c1ccc2c(c1)OCCO2. The summed E-state index contributed by atoms with van der Waals surface area (Å²) in [6.07, 6.45) is -0.403. The van der Waals surface area contributed by atoms with Crippen molar-refractivity contribution in [2.24, 2.45) is 0 Å². The molecule has 0 radical (unpaired) electrons. The van der Waals surface area contributed by atoms with Crippen molar-refractivity contribution in [3.63, 3.8) is 0 Å². The minimum absolute atomic E-state index is 0.311. The summed E-state index contributed by atoms with van der Waals surface area (Å²) in [5, 5.41) is 13.8. The van der Waals surface area contributed by atoms with Gasteiger partial charge in [-0.2, -0.15) is 0 Å². The zero-order valence-corrected chi connectivity index (χ0v) is 17.9. The van der Waals surface area contributed by atoms with E-state index in [-0.39, 0.29) is 5.78 Å². The van der Waals surface area contributed by atoms with Gasteiger partial charge in [-0.05, 0) is 47.8 Å². The van der Waals surface area contributed by atoms with Gasteiger partial charge >= 0.3 is 0 Å². The van der Waals surface area contributed by atoms with Crippen LogP contribution < -0.4 is 14.4 Å². The number of ether oxygens (including phenoxy) is 2. The lowest BCUT2D eigenvalue weighted by atomic mass is 9.88. The van der Waals surface area contributed by atoms with Gasteiger partial charge in [0, 0.05) is 21.0 Å². The molecule has 0 saturated heterocycles. The molecule has 1 unspecified atom stereocenters. The van der Waals surface area contributed by atoms with Crippen LogP contribution in [0.15, 0.2) is 53.9 Å². The number of fused-ring (bicyclic) bond motifs is 2. The quantitative estimate of drug-likeness (QED) is 0.584. The van der Waals surface area contributed by atoms with Gasteiger partial charge in [0.25, 0.3) is 5.91 Å². The number of benzene rings is 2. The van der Waals surface area contributed by atoms with Gasteiger partial charge in [0.1, 0.15) is 13.2 Å². The number of aliphatic hydroxyl groups is 1. The number of hydrogen-bond donors (Lipinski definition) is 1. The fourth-order valence-corrected chi connectivity index (χ4v) is 4.82. The number of hydrogen-bond acceptors (Lipinski definition) is 6. The smallest absolute Gasteiger partial charge is 0.264 e. The molecule has 31 heavy (non-hydrogen) atoms. The van der Waals surface area contributed by atoms with Crippen LogP contribution in [-0.4, -0.2) is 30.0 Å². The van der Waals surface area contributed by atoms with E-state index in [1.54, 1.807) is 36.4 Å². The van der Waals surface area contributed by atoms with Crippen LogP contribution in [0, 0.1) is 0 Å². The number of carbonyl (C=O) groups is 2. The first kappa shape index (κ1) is 20.1. The van der Waals surface area contributed by atoms with Crippen LogP contribution in [0.3, 0.4) is 0 Å². The van der Waals surface area contributed by atoms with Gasteiger partial charge in [-0.25, -0.2) is 0 Å². The predicted molar refractivity (Wildman–Crippen MR) is 117 cm³/mol. The van der Waals surface area contributed by atoms with Crippen molar-refractivity contribution in [3.8, 4) is 11.5 Å². The maximum Gasteiger partial charge on any atom is 0.264 e. The Kier molecular flexibility index (Phi) is 4.97. The summed E-state index contributed by atoms with van der Waals surface area (Å²) in [4.78, 5) is 28.9. The summed E-state index contributed by atoms with van der Waals surface area (Å²) in [7, 11) is 0. The number of ketones is 1. The molecule has 0 fully saturated rings. The van der Waals surface area contributed by atoms with Crippen molar-refractivity contribution in [1.29, 1.82) is 0 Å². The van der Waals surface area contributed by atoms with Crippen molar-refractivity contribution < 1.29 is 24.2 Å². The van der Waals surface area contributed by atoms with Crippen LogP contribution in [0.4, 0.5) is 5.69 Å². The predicted octanol–water partition coefficient (Wildman–Crippen LogP) is 4.18. The number of halogens is 1. The van der Waals surface area contributed by atoms with Gasteiger partial charge in [-0.3, -0.25) is 9.59 Å². The summed E-state index contributed by atoms with van der Waals surface area (Å²) >= 11 is 7.69. The number of nitrogens with zero attached hydrogens (tertiary/aromatic N) is 1. The number of Topliss-reactive ketones (excluding diaryl/α,β-unsaturated/α-hetero) is 1. The Morgan fingerprint density at radius 1 is 1.13 bits per heavy atom. The molecule has 3 heterocycles. The fourth-order valence-electron chi connectivity index (χ4n) is 3.96. The third-order valence-electron chi connectivity index (χ3n) is 5.47. The first-order valence-electron chi connectivity index (χ1n) is 9.75. The molecule has 0 aliphatic carbocycles. The van der Waals surface area contributed by atoms with Crippen LogP contribution in [-0.2, 0) is 16.9 Å². The minimum atomic E-state index is -2.00. The molecule has 2 aliphatic heterocycles. The molecule has 1 atom stereocenters. The normalized spacial score (nSPS) is 19.4. The van der Waals surface area contributed by atoms with E-state index in [0.717, 1.165) is 4.88 Å². The van der Waals surface area contributed by atoms with Crippen molar-refractivity contribution in [1.82, 2.24) is 0 Å². The first-order valence-corrected chi connectivity index (χ1v) is 11.0. The van der Waals surface area contributed by atoms with E-state index in [4.69, 9.17) is 21.1 Å². The molecule has 2 aliphatic rings. The molecule has 6 nitrogen and oxygen atoms in total. The topological polar surface area (TPSA) is 76.1 Å². The molecule has 2 aromatic carbocycles. The Morgan fingerprint density at radius 3 is 2.71 bits per heavy atom. The lowest BCUT2D eigenvalue weighted by Gasteiger charge is -2.23. The van der Waals surface area contributed by atoms with Gasteiger partial charge in [-0.1, -0.05) is 17.7 Å². The molecule has 0 saturated carbocycles. The van der Waals surface area contributed by atoms with Gasteiger partial charge < -0.3 is 19.5 Å². The minimum Gasteiger partial charge on any atom is -0.486 e. The zero-order chi connectivity index (χ0) is 21.6. The molecule has 5 rings (SSSR count). The summed E-state index contributed by atoms with van der Waals surface area (Å²) in [6, 6.07) is 13.6. The third-order valence-corrected chi connectivity index (χ3v) is 6.56. The first-order chi connectivity index (χ1) is 15.0. The van der Waals surface area contributed by atoms with E-state index in [9.17, 15) is 14.7 Å². The van der Waals surface area contributed by atoms with E-state index in [1.807, 2.05) is 17.5 Å². The highest BCUT2D eigenvalue weighted by Gasteiger charge is 2.51. The second-order valence-electron chi connectivity index (χ2n) is 7.45. The maximum atomic E-state index is 13.4. The van der Waals surface area contributed by atoms with Crippen molar-refractivity contribution in [3.05, 3.63) is 74.9 Å². The molecule has 0 bridgehead atoms. The zero-order valence-electron chi connectivity index (χ0n) is 16.3. The number of anilines is 1. The fraction of sp³-hybridized carbons (Fsp3) is 0.217. The monoisotopic (exact) mass is 455 g/mol. The van der Waals surface area contributed by atoms with Gasteiger partial charge in [0.2, 0.25) is 0 Å². The van der Waals surface area contributed by atoms with Crippen LogP contribution in [0.25, 0.3) is 0 Å². The average molecular weight is 456 g/mol. The number of rotatable bonds is 5. The standard InChI is InChI=1S/C23H18ClNO5S/c24-15-4-5-18-17(11-15)23(28,22(27)25(18)13-16-2-1-9-31-16)12-19(26)14-3-6-20-21(10-14)30-8-7-29-20/h1-6,9-11,28H,7-8,12-13H2. The van der Waals surface area contributed by atoms with Crippen molar-refractivity contribution >= 4 is 40.3 Å². The lowest BCUT2D eigenvalue weighted by Crippen LogP contribution is -2.41. The van der Waals surface area contributed by atoms with E-state index < -0.39 is 17.9 Å².